The zero-order chi connectivity index (χ0) is 21.4. The van der Waals surface area contributed by atoms with E-state index in [9.17, 15) is 22.8 Å². The van der Waals surface area contributed by atoms with Gasteiger partial charge >= 0.3 is 5.97 Å². The number of hydrogen-bond acceptors (Lipinski definition) is 6. The minimum Gasteiger partial charge on any atom is -0.455 e. The third kappa shape index (κ3) is 7.82. The van der Waals surface area contributed by atoms with E-state index >= 15 is 0 Å². The van der Waals surface area contributed by atoms with Crippen molar-refractivity contribution in [2.24, 2.45) is 5.92 Å². The molecule has 0 aliphatic heterocycles. The first kappa shape index (κ1) is 22.8. The van der Waals surface area contributed by atoms with Crippen molar-refractivity contribution in [1.82, 2.24) is 10.0 Å². The second-order valence-electron chi connectivity index (χ2n) is 7.22. The quantitative estimate of drug-likeness (QED) is 0.536. The Kier molecular flexibility index (Phi) is 8.15. The lowest BCUT2D eigenvalue weighted by molar-refractivity contribution is -0.147. The van der Waals surface area contributed by atoms with Crippen LogP contribution in [0.4, 0.5) is 5.69 Å². The van der Waals surface area contributed by atoms with Crippen LogP contribution in [0.5, 0.6) is 0 Å². The highest BCUT2D eigenvalue weighted by molar-refractivity contribution is 7.89. The van der Waals surface area contributed by atoms with Gasteiger partial charge in [-0.15, -0.1) is 0 Å². The molecule has 1 aliphatic carbocycles. The zero-order valence-corrected chi connectivity index (χ0v) is 17.4. The minimum absolute atomic E-state index is 0.0660. The first-order valence-corrected chi connectivity index (χ1v) is 11.0. The Morgan fingerprint density at radius 2 is 1.69 bits per heavy atom. The van der Waals surface area contributed by atoms with Crippen LogP contribution >= 0.6 is 0 Å². The highest BCUT2D eigenvalue weighted by Gasteiger charge is 2.21. The molecule has 1 aromatic rings. The molecule has 2 rings (SSSR count). The molecule has 10 heteroatoms. The van der Waals surface area contributed by atoms with Gasteiger partial charge in [-0.05, 0) is 55.9 Å². The summed E-state index contributed by atoms with van der Waals surface area (Å²) in [5.74, 6) is -0.857. The molecule has 0 heterocycles. The lowest BCUT2D eigenvalue weighted by Gasteiger charge is -2.26. The van der Waals surface area contributed by atoms with Crippen LogP contribution < -0.4 is 15.4 Å². The Morgan fingerprint density at radius 1 is 1.07 bits per heavy atom. The first-order valence-electron chi connectivity index (χ1n) is 9.48. The smallest absolute Gasteiger partial charge is 0.321 e. The number of nitrogens with one attached hydrogen (secondary N) is 3. The van der Waals surface area contributed by atoms with E-state index in [1.165, 1.54) is 31.2 Å². The Hall–Kier alpha value is -2.46. The van der Waals surface area contributed by atoms with Gasteiger partial charge in [0, 0.05) is 18.7 Å². The molecular weight excluding hydrogens is 398 g/mol. The van der Waals surface area contributed by atoms with Crippen molar-refractivity contribution >= 4 is 33.5 Å². The van der Waals surface area contributed by atoms with Gasteiger partial charge in [-0.2, -0.15) is 4.72 Å². The van der Waals surface area contributed by atoms with Crippen molar-refractivity contribution in [1.29, 1.82) is 0 Å². The summed E-state index contributed by atoms with van der Waals surface area (Å²) in [5.41, 5.74) is 0.453. The Bertz CT molecular complexity index is 830. The Morgan fingerprint density at radius 3 is 2.28 bits per heavy atom. The van der Waals surface area contributed by atoms with Crippen LogP contribution in [0.1, 0.15) is 39.5 Å². The molecular formula is C19H27N3O6S. The van der Waals surface area contributed by atoms with Crippen molar-refractivity contribution in [2.45, 2.75) is 50.5 Å². The fourth-order valence-corrected chi connectivity index (χ4v) is 4.00. The molecule has 0 spiro atoms. The van der Waals surface area contributed by atoms with Crippen LogP contribution in [0.2, 0.25) is 0 Å². The molecule has 1 saturated carbocycles. The van der Waals surface area contributed by atoms with Gasteiger partial charge in [-0.1, -0.05) is 6.92 Å². The number of sulfonamides is 1. The van der Waals surface area contributed by atoms with Crippen LogP contribution in [-0.2, 0) is 29.1 Å². The highest BCUT2D eigenvalue weighted by atomic mass is 32.2. The second-order valence-corrected chi connectivity index (χ2v) is 8.98. The van der Waals surface area contributed by atoms with Gasteiger partial charge in [-0.25, -0.2) is 8.42 Å². The van der Waals surface area contributed by atoms with Gasteiger partial charge < -0.3 is 15.4 Å². The normalized spacial score (nSPS) is 19.2. The van der Waals surface area contributed by atoms with Crippen LogP contribution in [0, 0.1) is 5.92 Å². The van der Waals surface area contributed by atoms with Gasteiger partial charge in [0.1, 0.15) is 6.54 Å². The van der Waals surface area contributed by atoms with Crippen molar-refractivity contribution in [2.75, 3.05) is 18.5 Å². The van der Waals surface area contributed by atoms with Crippen LogP contribution in [0.3, 0.4) is 0 Å². The van der Waals surface area contributed by atoms with Crippen LogP contribution in [0.25, 0.3) is 0 Å². The van der Waals surface area contributed by atoms with Gasteiger partial charge in [0.05, 0.1) is 4.90 Å². The lowest BCUT2D eigenvalue weighted by atomic mass is 9.87. The molecule has 0 radical (unpaired) electrons. The number of esters is 1. The summed E-state index contributed by atoms with van der Waals surface area (Å²) in [7, 11) is -3.93. The number of carbonyl (C=O) groups excluding carboxylic acids is 3. The lowest BCUT2D eigenvalue weighted by Crippen LogP contribution is -2.40. The van der Waals surface area contributed by atoms with E-state index in [0.29, 0.717) is 11.6 Å². The number of rotatable bonds is 8. The van der Waals surface area contributed by atoms with E-state index in [4.69, 9.17) is 4.74 Å². The largest absolute Gasteiger partial charge is 0.455 e. The van der Waals surface area contributed by atoms with Crippen molar-refractivity contribution in [3.63, 3.8) is 0 Å². The predicted molar refractivity (Wildman–Crippen MR) is 106 cm³/mol. The van der Waals surface area contributed by atoms with Crippen molar-refractivity contribution < 1.29 is 27.5 Å². The molecule has 1 aliphatic rings. The predicted octanol–water partition coefficient (Wildman–Crippen LogP) is 1.16. The SMILES string of the molecule is CC(=O)Nc1ccc(S(=O)(=O)NCC(=O)OCC(=O)NC2CCC(C)CC2)cc1. The summed E-state index contributed by atoms with van der Waals surface area (Å²) in [5, 5.41) is 5.35. The number of amides is 2. The zero-order valence-electron chi connectivity index (χ0n) is 16.6. The molecule has 1 fully saturated rings. The molecule has 0 saturated heterocycles. The average molecular weight is 426 g/mol. The molecule has 29 heavy (non-hydrogen) atoms. The fraction of sp³-hybridized carbons (Fsp3) is 0.526. The summed E-state index contributed by atoms with van der Waals surface area (Å²) in [4.78, 5) is 34.5. The van der Waals surface area contributed by atoms with Gasteiger partial charge in [0.25, 0.3) is 5.91 Å². The molecule has 9 nitrogen and oxygen atoms in total. The Balaban J connectivity index is 1.74. The molecule has 0 unspecified atom stereocenters. The van der Waals surface area contributed by atoms with Crippen LogP contribution in [0.15, 0.2) is 29.2 Å². The number of hydrogen-bond donors (Lipinski definition) is 3. The third-order valence-corrected chi connectivity index (χ3v) is 6.05. The van der Waals surface area contributed by atoms with Crippen molar-refractivity contribution in [3.05, 3.63) is 24.3 Å². The fourth-order valence-electron chi connectivity index (χ4n) is 3.03. The molecule has 160 valence electrons. The maximum Gasteiger partial charge on any atom is 0.321 e. The van der Waals surface area contributed by atoms with Gasteiger partial charge in [0.15, 0.2) is 6.61 Å². The maximum atomic E-state index is 12.2. The molecule has 1 aromatic carbocycles. The summed E-state index contributed by atoms with van der Waals surface area (Å²) in [6.45, 7) is 2.48. The third-order valence-electron chi connectivity index (χ3n) is 4.64. The molecule has 2 amide bonds. The van der Waals surface area contributed by atoms with Crippen LogP contribution in [-0.4, -0.2) is 45.4 Å². The van der Waals surface area contributed by atoms with E-state index in [2.05, 4.69) is 22.3 Å². The van der Waals surface area contributed by atoms with E-state index in [1.54, 1.807) is 0 Å². The van der Waals surface area contributed by atoms with Crippen molar-refractivity contribution in [3.8, 4) is 0 Å². The van der Waals surface area contributed by atoms with Gasteiger partial charge in [-0.3, -0.25) is 14.4 Å². The number of benzene rings is 1. The highest BCUT2D eigenvalue weighted by Crippen LogP contribution is 2.23. The van der Waals surface area contributed by atoms with E-state index < -0.39 is 35.1 Å². The standard InChI is InChI=1S/C19H27N3O6S/c1-13-3-5-16(6-4-13)22-18(24)12-28-19(25)11-20-29(26,27)17-9-7-15(8-10-17)21-14(2)23/h7-10,13,16,20H,3-6,11-12H2,1-2H3,(H,21,23)(H,22,24). The summed E-state index contributed by atoms with van der Waals surface area (Å²) in [6, 6.07) is 5.57. The maximum absolute atomic E-state index is 12.2. The molecule has 0 aromatic heterocycles. The summed E-state index contributed by atoms with van der Waals surface area (Å²) >= 11 is 0. The van der Waals surface area contributed by atoms with E-state index in [-0.39, 0.29) is 16.8 Å². The first-order chi connectivity index (χ1) is 13.7. The Labute approximate surface area is 170 Å². The number of anilines is 1. The van der Waals surface area contributed by atoms with E-state index in [1.807, 2.05) is 0 Å². The second kappa shape index (κ2) is 10.4. The molecule has 0 atom stereocenters. The molecule has 0 bridgehead atoms. The van der Waals surface area contributed by atoms with Gasteiger partial charge in [0.2, 0.25) is 15.9 Å². The summed E-state index contributed by atoms with van der Waals surface area (Å²) in [6.07, 6.45) is 3.92. The van der Waals surface area contributed by atoms with E-state index in [0.717, 1.165) is 25.7 Å². The number of ether oxygens (including phenoxy) is 1. The number of carbonyl (C=O) groups is 3. The minimum atomic E-state index is -3.93. The molecule has 3 N–H and O–H groups in total. The monoisotopic (exact) mass is 425 g/mol. The topological polar surface area (TPSA) is 131 Å². The average Bonchev–Trinajstić information content (AvgIpc) is 2.66. The summed E-state index contributed by atoms with van der Waals surface area (Å²) < 4.78 is 31.4.